The SMILES string of the molecule is CC(=O)/C(N=Nc1ccccc1)=C(\C)O. The zero-order chi connectivity index (χ0) is 11.3. The molecule has 0 amide bonds. The van der Waals surface area contributed by atoms with E-state index in [0.717, 1.165) is 0 Å². The van der Waals surface area contributed by atoms with Crippen LogP contribution in [-0.4, -0.2) is 10.9 Å². The van der Waals surface area contributed by atoms with Crippen molar-refractivity contribution in [2.24, 2.45) is 10.2 Å². The molecule has 0 aliphatic rings. The normalized spacial score (nSPS) is 12.7. The molecule has 78 valence electrons. The molecule has 0 saturated carbocycles. The van der Waals surface area contributed by atoms with E-state index in [4.69, 9.17) is 5.11 Å². The second kappa shape index (κ2) is 5.05. The van der Waals surface area contributed by atoms with E-state index in [1.54, 1.807) is 12.1 Å². The van der Waals surface area contributed by atoms with Crippen LogP contribution in [-0.2, 0) is 4.79 Å². The summed E-state index contributed by atoms with van der Waals surface area (Å²) in [4.78, 5) is 11.0. The Balaban J connectivity index is 2.90. The van der Waals surface area contributed by atoms with Crippen LogP contribution in [0.3, 0.4) is 0 Å². The highest BCUT2D eigenvalue weighted by Gasteiger charge is 2.06. The molecule has 4 heteroatoms. The van der Waals surface area contributed by atoms with E-state index in [0.29, 0.717) is 5.69 Å². The standard InChI is InChI=1S/C11H12N2O2/c1-8(14)11(9(2)15)13-12-10-6-4-3-5-7-10/h3-7,14H,1-2H3/b11-8-,13-12?. The number of azo groups is 1. The number of Topliss-reactive ketones (excluding diaryl/α,β-unsaturated/α-hetero) is 1. The summed E-state index contributed by atoms with van der Waals surface area (Å²) in [5.41, 5.74) is 0.622. The molecule has 0 aliphatic heterocycles. The molecule has 0 heterocycles. The number of allylic oxidation sites excluding steroid dienone is 2. The van der Waals surface area contributed by atoms with Crippen LogP contribution in [0.4, 0.5) is 5.69 Å². The fraction of sp³-hybridized carbons (Fsp3) is 0.182. The van der Waals surface area contributed by atoms with Crippen molar-refractivity contribution in [2.75, 3.05) is 0 Å². The quantitative estimate of drug-likeness (QED) is 0.467. The molecule has 0 saturated heterocycles. The second-order valence-electron chi connectivity index (χ2n) is 3.03. The van der Waals surface area contributed by atoms with Gasteiger partial charge in [0.1, 0.15) is 5.76 Å². The van der Waals surface area contributed by atoms with Crippen LogP contribution in [0.1, 0.15) is 13.8 Å². The van der Waals surface area contributed by atoms with Gasteiger partial charge in [0.25, 0.3) is 0 Å². The number of ketones is 1. The molecule has 0 spiro atoms. The first-order valence-corrected chi connectivity index (χ1v) is 4.49. The minimum atomic E-state index is -0.310. The van der Waals surface area contributed by atoms with Gasteiger partial charge in [-0.2, -0.15) is 5.11 Å². The lowest BCUT2D eigenvalue weighted by Crippen LogP contribution is -1.96. The molecule has 1 aromatic carbocycles. The molecule has 1 N–H and O–H groups in total. The van der Waals surface area contributed by atoms with E-state index < -0.39 is 0 Å². The lowest BCUT2D eigenvalue weighted by atomic mass is 10.3. The van der Waals surface area contributed by atoms with Crippen molar-refractivity contribution in [1.82, 2.24) is 0 Å². The third-order valence-electron chi connectivity index (χ3n) is 1.70. The Labute approximate surface area is 88.0 Å². The summed E-state index contributed by atoms with van der Waals surface area (Å²) in [6.07, 6.45) is 0. The first-order chi connectivity index (χ1) is 7.11. The van der Waals surface area contributed by atoms with Gasteiger partial charge in [-0.3, -0.25) is 4.79 Å². The van der Waals surface area contributed by atoms with Gasteiger partial charge in [0, 0.05) is 6.92 Å². The average molecular weight is 204 g/mol. The number of hydrogen-bond donors (Lipinski definition) is 1. The lowest BCUT2D eigenvalue weighted by molar-refractivity contribution is -0.113. The van der Waals surface area contributed by atoms with Crippen molar-refractivity contribution in [3.8, 4) is 0 Å². The molecule has 0 radical (unpaired) electrons. The summed E-state index contributed by atoms with van der Waals surface area (Å²) in [6, 6.07) is 9.01. The summed E-state index contributed by atoms with van der Waals surface area (Å²) in [5.74, 6) is -0.433. The van der Waals surface area contributed by atoms with Crippen molar-refractivity contribution in [3.05, 3.63) is 41.8 Å². The molecule has 0 bridgehead atoms. The number of hydrogen-bond acceptors (Lipinski definition) is 4. The van der Waals surface area contributed by atoms with Crippen LogP contribution in [0.15, 0.2) is 52.0 Å². The Kier molecular flexibility index (Phi) is 3.74. The predicted molar refractivity (Wildman–Crippen MR) is 57.0 cm³/mol. The Bertz CT molecular complexity index is 404. The smallest absolute Gasteiger partial charge is 0.183 e. The summed E-state index contributed by atoms with van der Waals surface area (Å²) in [6.45, 7) is 2.74. The Morgan fingerprint density at radius 1 is 1.20 bits per heavy atom. The number of rotatable bonds is 3. The Hall–Kier alpha value is -1.97. The summed E-state index contributed by atoms with van der Waals surface area (Å²) >= 11 is 0. The topological polar surface area (TPSA) is 62.0 Å². The van der Waals surface area contributed by atoms with Gasteiger partial charge >= 0.3 is 0 Å². The first kappa shape index (κ1) is 11.1. The monoisotopic (exact) mass is 204 g/mol. The second-order valence-corrected chi connectivity index (χ2v) is 3.03. The summed E-state index contributed by atoms with van der Waals surface area (Å²) in [5, 5.41) is 16.7. The third-order valence-corrected chi connectivity index (χ3v) is 1.70. The number of nitrogens with zero attached hydrogens (tertiary/aromatic N) is 2. The highest BCUT2D eigenvalue weighted by molar-refractivity contribution is 5.93. The zero-order valence-electron chi connectivity index (χ0n) is 8.64. The lowest BCUT2D eigenvalue weighted by Gasteiger charge is -1.96. The van der Waals surface area contributed by atoms with Crippen LogP contribution in [0.25, 0.3) is 0 Å². The molecular formula is C11H12N2O2. The van der Waals surface area contributed by atoms with Crippen LogP contribution in [0.5, 0.6) is 0 Å². The number of carbonyl (C=O) groups excluding carboxylic acids is 1. The molecule has 0 unspecified atom stereocenters. The summed E-state index contributed by atoms with van der Waals surface area (Å²) in [7, 11) is 0. The highest BCUT2D eigenvalue weighted by Crippen LogP contribution is 2.13. The highest BCUT2D eigenvalue weighted by atomic mass is 16.3. The predicted octanol–water partition coefficient (Wildman–Crippen LogP) is 3.15. The maximum absolute atomic E-state index is 11.0. The van der Waals surface area contributed by atoms with E-state index in [-0.39, 0.29) is 17.2 Å². The van der Waals surface area contributed by atoms with Crippen LogP contribution < -0.4 is 0 Å². The first-order valence-electron chi connectivity index (χ1n) is 4.49. The number of carbonyl (C=O) groups is 1. The third kappa shape index (κ3) is 3.34. The average Bonchev–Trinajstić information content (AvgIpc) is 2.18. The molecule has 0 aromatic heterocycles. The minimum Gasteiger partial charge on any atom is -0.510 e. The number of aliphatic hydroxyl groups excluding tert-OH is 1. The van der Waals surface area contributed by atoms with Gasteiger partial charge < -0.3 is 5.11 Å². The van der Waals surface area contributed by atoms with E-state index in [2.05, 4.69) is 10.2 Å². The molecule has 4 nitrogen and oxygen atoms in total. The van der Waals surface area contributed by atoms with Crippen LogP contribution in [0.2, 0.25) is 0 Å². The Morgan fingerprint density at radius 3 is 2.27 bits per heavy atom. The van der Waals surface area contributed by atoms with Crippen molar-refractivity contribution in [3.63, 3.8) is 0 Å². The van der Waals surface area contributed by atoms with Gasteiger partial charge in [-0.1, -0.05) is 18.2 Å². The van der Waals surface area contributed by atoms with Crippen molar-refractivity contribution in [1.29, 1.82) is 0 Å². The van der Waals surface area contributed by atoms with Gasteiger partial charge in [-0.25, -0.2) is 0 Å². The fourth-order valence-corrected chi connectivity index (χ4v) is 1.000. The Morgan fingerprint density at radius 2 is 1.80 bits per heavy atom. The molecule has 1 aromatic rings. The largest absolute Gasteiger partial charge is 0.510 e. The molecular weight excluding hydrogens is 192 g/mol. The van der Waals surface area contributed by atoms with Crippen molar-refractivity contribution < 1.29 is 9.90 Å². The van der Waals surface area contributed by atoms with Crippen molar-refractivity contribution >= 4 is 11.5 Å². The molecule has 15 heavy (non-hydrogen) atoms. The fourth-order valence-electron chi connectivity index (χ4n) is 1.000. The molecule has 0 aliphatic carbocycles. The van der Waals surface area contributed by atoms with Gasteiger partial charge in [0.15, 0.2) is 11.5 Å². The molecule has 1 rings (SSSR count). The maximum Gasteiger partial charge on any atom is 0.183 e. The van der Waals surface area contributed by atoms with Crippen LogP contribution >= 0.6 is 0 Å². The van der Waals surface area contributed by atoms with E-state index >= 15 is 0 Å². The van der Waals surface area contributed by atoms with E-state index in [1.807, 2.05) is 18.2 Å². The van der Waals surface area contributed by atoms with Gasteiger partial charge in [0.2, 0.25) is 0 Å². The molecule has 0 atom stereocenters. The minimum absolute atomic E-state index is 0.0150. The maximum atomic E-state index is 11.0. The summed E-state index contributed by atoms with van der Waals surface area (Å²) < 4.78 is 0. The van der Waals surface area contributed by atoms with Gasteiger partial charge in [-0.05, 0) is 19.1 Å². The van der Waals surface area contributed by atoms with Crippen molar-refractivity contribution in [2.45, 2.75) is 13.8 Å². The van der Waals surface area contributed by atoms with Gasteiger partial charge in [0.05, 0.1) is 5.69 Å². The van der Waals surface area contributed by atoms with Gasteiger partial charge in [-0.15, -0.1) is 5.11 Å². The van der Waals surface area contributed by atoms with E-state index in [9.17, 15) is 4.79 Å². The zero-order valence-corrected chi connectivity index (χ0v) is 8.64. The molecule has 0 fully saturated rings. The number of aliphatic hydroxyl groups is 1. The van der Waals surface area contributed by atoms with E-state index in [1.165, 1.54) is 13.8 Å². The number of benzene rings is 1. The van der Waals surface area contributed by atoms with Crippen LogP contribution in [0, 0.1) is 0 Å².